The molecule has 2 aromatic carbocycles. The Morgan fingerprint density at radius 2 is 1.45 bits per heavy atom. The topological polar surface area (TPSA) is 84.3 Å². The number of nitrogens with zero attached hydrogens (tertiary/aromatic N) is 4. The molecule has 40 heavy (non-hydrogen) atoms. The number of benzene rings is 2. The number of fused-ring (bicyclic) bond motifs is 2. The van der Waals surface area contributed by atoms with Crippen molar-refractivity contribution in [2.75, 3.05) is 46.9 Å². The van der Waals surface area contributed by atoms with E-state index in [9.17, 15) is 14.4 Å². The molecule has 0 saturated carbocycles. The van der Waals surface area contributed by atoms with Gasteiger partial charge in [0.2, 0.25) is 0 Å². The molecule has 3 amide bonds. The fourth-order valence-electron chi connectivity index (χ4n) is 5.65. The maximum absolute atomic E-state index is 14.4. The van der Waals surface area contributed by atoms with Gasteiger partial charge in [0.1, 0.15) is 0 Å². The third-order valence-electron chi connectivity index (χ3n) is 7.86. The van der Waals surface area contributed by atoms with E-state index >= 15 is 0 Å². The van der Waals surface area contributed by atoms with Gasteiger partial charge in [-0.3, -0.25) is 4.79 Å². The number of ether oxygens (including phenoxy) is 2. The van der Waals surface area contributed by atoms with Crippen LogP contribution in [0.4, 0.5) is 9.59 Å². The predicted molar refractivity (Wildman–Crippen MR) is 157 cm³/mol. The smallest absolute Gasteiger partial charge is 0.331 e. The van der Waals surface area contributed by atoms with Gasteiger partial charge in [-0.15, -0.1) is 0 Å². The first kappa shape index (κ1) is 29.0. The Kier molecular flexibility index (Phi) is 8.71. The molecule has 0 unspecified atom stereocenters. The van der Waals surface area contributed by atoms with Crippen LogP contribution in [0.15, 0.2) is 41.2 Å². The maximum Gasteiger partial charge on any atom is 0.331 e. The molecule has 0 fully saturated rings. The molecule has 0 bridgehead atoms. The normalized spacial score (nSPS) is 14.6. The number of urea groups is 1. The van der Waals surface area contributed by atoms with Gasteiger partial charge in [0.15, 0.2) is 11.5 Å². The number of rotatable bonds is 7. The van der Waals surface area contributed by atoms with Crippen molar-refractivity contribution in [3.05, 3.63) is 69.0 Å². The van der Waals surface area contributed by atoms with Crippen molar-refractivity contribution in [2.45, 2.75) is 47.1 Å². The molecule has 9 heteroatoms. The number of pyridine rings is 1. The number of carbonyl (C=O) groups excluding carboxylic acids is 2. The van der Waals surface area contributed by atoms with Crippen molar-refractivity contribution < 1.29 is 19.1 Å². The summed E-state index contributed by atoms with van der Waals surface area (Å²) in [7, 11) is 3.15. The van der Waals surface area contributed by atoms with Gasteiger partial charge in [0, 0.05) is 38.3 Å². The van der Waals surface area contributed by atoms with E-state index in [-0.39, 0.29) is 12.1 Å². The minimum atomic E-state index is -0.718. The van der Waals surface area contributed by atoms with Crippen molar-refractivity contribution in [3.8, 4) is 11.5 Å². The van der Waals surface area contributed by atoms with Gasteiger partial charge in [0.25, 0.3) is 5.56 Å². The third kappa shape index (κ3) is 5.00. The molecule has 1 aliphatic rings. The van der Waals surface area contributed by atoms with Crippen LogP contribution in [0.1, 0.15) is 56.0 Å². The van der Waals surface area contributed by atoms with Crippen molar-refractivity contribution >= 4 is 23.0 Å². The SMILES string of the molecule is CCN(CC)C(=O)N1CCc2cc(OC)c(OC)cc2[C@H]1c1cc2cc(C)ccc2n(C(=O)N(CC)CC)c1=O. The molecule has 214 valence electrons. The monoisotopic (exact) mass is 548 g/mol. The Labute approximate surface area is 235 Å². The highest BCUT2D eigenvalue weighted by Gasteiger charge is 2.37. The van der Waals surface area contributed by atoms with E-state index in [0.717, 1.165) is 22.1 Å². The largest absolute Gasteiger partial charge is 0.493 e. The third-order valence-corrected chi connectivity index (χ3v) is 7.86. The van der Waals surface area contributed by atoms with Gasteiger partial charge < -0.3 is 24.2 Å². The van der Waals surface area contributed by atoms with Crippen LogP contribution in [0.2, 0.25) is 0 Å². The van der Waals surface area contributed by atoms with E-state index in [1.807, 2.05) is 71.0 Å². The first-order chi connectivity index (χ1) is 19.2. The van der Waals surface area contributed by atoms with Gasteiger partial charge in [-0.2, -0.15) is 0 Å². The highest BCUT2D eigenvalue weighted by Crippen LogP contribution is 2.41. The Morgan fingerprint density at radius 1 is 0.850 bits per heavy atom. The summed E-state index contributed by atoms with van der Waals surface area (Å²) >= 11 is 0. The summed E-state index contributed by atoms with van der Waals surface area (Å²) in [5.74, 6) is 1.10. The summed E-state index contributed by atoms with van der Waals surface area (Å²) in [5, 5.41) is 0.762. The van der Waals surface area contributed by atoms with E-state index in [1.54, 1.807) is 28.9 Å². The lowest BCUT2D eigenvalue weighted by Crippen LogP contribution is -2.50. The van der Waals surface area contributed by atoms with Crippen molar-refractivity contribution in [1.82, 2.24) is 19.3 Å². The molecule has 1 aliphatic heterocycles. The number of methoxy groups -OCH3 is 2. The lowest BCUT2D eigenvalue weighted by atomic mass is 9.87. The molecule has 0 radical (unpaired) electrons. The molecule has 1 atom stereocenters. The van der Waals surface area contributed by atoms with E-state index in [1.165, 1.54) is 4.57 Å². The molecule has 0 aliphatic carbocycles. The summed E-state index contributed by atoms with van der Waals surface area (Å²) in [5.41, 5.74) is 3.24. The lowest BCUT2D eigenvalue weighted by Gasteiger charge is -2.40. The summed E-state index contributed by atoms with van der Waals surface area (Å²) < 4.78 is 12.5. The number of hydrogen-bond donors (Lipinski definition) is 0. The number of amides is 3. The van der Waals surface area contributed by atoms with Gasteiger partial charge in [0.05, 0.1) is 25.8 Å². The molecule has 0 spiro atoms. The standard InChI is InChI=1S/C31H40N4O5/c1-8-32(9-2)30(37)34-15-14-21-18-26(39-6)27(40-7)19-23(21)28(34)24-17-22-16-20(5)12-13-25(22)35(29(24)36)31(38)33(10-3)11-4/h12-13,16-19,28H,8-11,14-15H2,1-7H3/t28-/m0/s1. The molecular formula is C31H40N4O5. The first-order valence-corrected chi connectivity index (χ1v) is 14.0. The summed E-state index contributed by atoms with van der Waals surface area (Å²) in [4.78, 5) is 47.2. The van der Waals surface area contributed by atoms with E-state index < -0.39 is 11.6 Å². The molecule has 0 N–H and O–H groups in total. The second-order valence-corrected chi connectivity index (χ2v) is 9.96. The number of aromatic nitrogens is 1. The van der Waals surface area contributed by atoms with Crippen molar-refractivity contribution in [2.24, 2.45) is 0 Å². The maximum atomic E-state index is 14.4. The molecule has 3 aromatic rings. The van der Waals surface area contributed by atoms with Crippen LogP contribution in [0, 0.1) is 6.92 Å². The van der Waals surface area contributed by atoms with Crippen LogP contribution in [0.25, 0.3) is 10.9 Å². The van der Waals surface area contributed by atoms with Gasteiger partial charge in [-0.05, 0) is 87.9 Å². The number of hydrogen-bond acceptors (Lipinski definition) is 5. The molecule has 0 saturated heterocycles. The van der Waals surface area contributed by atoms with E-state index in [0.29, 0.717) is 61.7 Å². The molecule has 9 nitrogen and oxygen atoms in total. The Morgan fingerprint density at radius 3 is 2.05 bits per heavy atom. The minimum Gasteiger partial charge on any atom is -0.493 e. The van der Waals surface area contributed by atoms with Crippen molar-refractivity contribution in [1.29, 1.82) is 0 Å². The summed E-state index contributed by atoms with van der Waals surface area (Å²) in [6.07, 6.45) is 0.596. The van der Waals surface area contributed by atoms with Crippen LogP contribution < -0.4 is 15.0 Å². The quantitative estimate of drug-likeness (QED) is 0.413. The second kappa shape index (κ2) is 12.0. The minimum absolute atomic E-state index is 0.152. The molecule has 1 aromatic heterocycles. The fourth-order valence-corrected chi connectivity index (χ4v) is 5.65. The zero-order valence-corrected chi connectivity index (χ0v) is 24.6. The average molecular weight is 549 g/mol. The van der Waals surface area contributed by atoms with Gasteiger partial charge in [-0.1, -0.05) is 11.6 Å². The van der Waals surface area contributed by atoms with Crippen LogP contribution in [-0.2, 0) is 6.42 Å². The number of carbonyl (C=O) groups is 2. The summed E-state index contributed by atoms with van der Waals surface area (Å²) in [6.45, 7) is 12.1. The zero-order valence-electron chi connectivity index (χ0n) is 24.6. The Bertz CT molecular complexity index is 1470. The molecule has 4 rings (SSSR count). The highest BCUT2D eigenvalue weighted by molar-refractivity contribution is 5.91. The number of aryl methyl sites for hydroxylation is 1. The van der Waals surface area contributed by atoms with Gasteiger partial charge in [-0.25, -0.2) is 14.2 Å². The predicted octanol–water partition coefficient (Wildman–Crippen LogP) is 5.05. The van der Waals surface area contributed by atoms with Crippen LogP contribution in [-0.4, -0.2) is 78.3 Å². The van der Waals surface area contributed by atoms with Crippen LogP contribution in [0.5, 0.6) is 11.5 Å². The zero-order chi connectivity index (χ0) is 29.1. The van der Waals surface area contributed by atoms with Gasteiger partial charge >= 0.3 is 12.1 Å². The lowest BCUT2D eigenvalue weighted by molar-refractivity contribution is 0.141. The fraction of sp³-hybridized carbons (Fsp3) is 0.452. The molecular weight excluding hydrogens is 508 g/mol. The second-order valence-electron chi connectivity index (χ2n) is 9.96. The van der Waals surface area contributed by atoms with Crippen LogP contribution in [0.3, 0.4) is 0 Å². The Hall–Kier alpha value is -4.01. The van der Waals surface area contributed by atoms with E-state index in [4.69, 9.17) is 9.47 Å². The highest BCUT2D eigenvalue weighted by atomic mass is 16.5. The first-order valence-electron chi connectivity index (χ1n) is 14.0. The van der Waals surface area contributed by atoms with Crippen molar-refractivity contribution in [3.63, 3.8) is 0 Å². The summed E-state index contributed by atoms with van der Waals surface area (Å²) in [6, 6.07) is 10.1. The molecule has 2 heterocycles. The van der Waals surface area contributed by atoms with E-state index in [2.05, 4.69) is 0 Å². The van der Waals surface area contributed by atoms with Crippen LogP contribution >= 0.6 is 0 Å². The Balaban J connectivity index is 2.07. The average Bonchev–Trinajstić information content (AvgIpc) is 2.96.